The van der Waals surface area contributed by atoms with Crippen molar-refractivity contribution >= 4 is 10.9 Å². The lowest BCUT2D eigenvalue weighted by atomic mass is 10.2. The van der Waals surface area contributed by atoms with Gasteiger partial charge in [-0.2, -0.15) is 0 Å². The van der Waals surface area contributed by atoms with E-state index in [1.54, 1.807) is 0 Å². The molecule has 0 fully saturated rings. The Labute approximate surface area is 89.1 Å². The van der Waals surface area contributed by atoms with Crippen LogP contribution in [-0.2, 0) is 0 Å². The smallest absolute Gasteiger partial charge is 0.213 e. The van der Waals surface area contributed by atoms with Crippen LogP contribution >= 0.6 is 0 Å². The fourth-order valence-corrected chi connectivity index (χ4v) is 1.39. The number of hydrogen-bond acceptors (Lipinski definition) is 3. The minimum Gasteiger partial charge on any atom is -0.476 e. The van der Waals surface area contributed by atoms with E-state index in [0.717, 1.165) is 17.4 Å². The molecule has 2 rings (SSSR count). The molecule has 0 unspecified atom stereocenters. The van der Waals surface area contributed by atoms with E-state index in [0.29, 0.717) is 12.5 Å². The highest BCUT2D eigenvalue weighted by atomic mass is 16.5. The fraction of sp³-hybridized carbons (Fsp3) is 0.250. The maximum absolute atomic E-state index is 5.48. The zero-order chi connectivity index (χ0) is 10.5. The van der Waals surface area contributed by atoms with E-state index in [-0.39, 0.29) is 0 Å². The van der Waals surface area contributed by atoms with Gasteiger partial charge in [0, 0.05) is 18.0 Å². The van der Waals surface area contributed by atoms with Crippen LogP contribution in [0.15, 0.2) is 36.4 Å². The Morgan fingerprint density at radius 1 is 1.20 bits per heavy atom. The molecule has 0 saturated heterocycles. The number of likely N-dealkylation sites (N-methyl/N-ethyl adjacent to an activating group) is 1. The number of hydrogen-bond donors (Lipinski definition) is 1. The number of aromatic nitrogens is 1. The van der Waals surface area contributed by atoms with Crippen LogP contribution in [0.3, 0.4) is 0 Å². The maximum Gasteiger partial charge on any atom is 0.213 e. The molecule has 0 amide bonds. The molecule has 0 saturated carbocycles. The van der Waals surface area contributed by atoms with Crippen molar-refractivity contribution in [1.82, 2.24) is 10.3 Å². The average molecular weight is 202 g/mol. The Hall–Kier alpha value is -1.61. The van der Waals surface area contributed by atoms with Gasteiger partial charge < -0.3 is 10.1 Å². The normalized spacial score (nSPS) is 10.5. The number of nitrogens with one attached hydrogen (secondary N) is 1. The van der Waals surface area contributed by atoms with Gasteiger partial charge in [0.05, 0.1) is 5.52 Å². The number of pyridine rings is 1. The van der Waals surface area contributed by atoms with Gasteiger partial charge in [-0.25, -0.2) is 4.98 Å². The van der Waals surface area contributed by atoms with Crippen molar-refractivity contribution in [3.63, 3.8) is 0 Å². The molecule has 0 aliphatic carbocycles. The molecule has 1 N–H and O–H groups in total. The summed E-state index contributed by atoms with van der Waals surface area (Å²) in [7, 11) is 1.90. The van der Waals surface area contributed by atoms with Gasteiger partial charge in [0.15, 0.2) is 0 Å². The standard InChI is InChI=1S/C12H14N2O/c1-13-8-9-15-12-7-6-10-4-2-3-5-11(10)14-12/h2-7,13H,8-9H2,1H3. The van der Waals surface area contributed by atoms with Crippen molar-refractivity contribution in [3.05, 3.63) is 36.4 Å². The number of nitrogens with zero attached hydrogens (tertiary/aromatic N) is 1. The molecule has 2 aromatic rings. The van der Waals surface area contributed by atoms with E-state index in [9.17, 15) is 0 Å². The first kappa shape index (κ1) is 9.93. The molecule has 3 nitrogen and oxygen atoms in total. The monoisotopic (exact) mass is 202 g/mol. The van der Waals surface area contributed by atoms with Crippen molar-refractivity contribution in [3.8, 4) is 5.88 Å². The van der Waals surface area contributed by atoms with E-state index in [1.165, 1.54) is 0 Å². The molecular weight excluding hydrogens is 188 g/mol. The predicted octanol–water partition coefficient (Wildman–Crippen LogP) is 1.83. The largest absolute Gasteiger partial charge is 0.476 e. The summed E-state index contributed by atoms with van der Waals surface area (Å²) in [6, 6.07) is 11.9. The molecule has 1 heterocycles. The Kier molecular flexibility index (Phi) is 3.15. The molecule has 1 aromatic heterocycles. The quantitative estimate of drug-likeness (QED) is 0.768. The highest BCUT2D eigenvalue weighted by Crippen LogP contribution is 2.15. The van der Waals surface area contributed by atoms with Crippen LogP contribution < -0.4 is 10.1 Å². The third kappa shape index (κ3) is 2.44. The van der Waals surface area contributed by atoms with Gasteiger partial charge in [-0.15, -0.1) is 0 Å². The van der Waals surface area contributed by atoms with Gasteiger partial charge in [-0.05, 0) is 19.2 Å². The summed E-state index contributed by atoms with van der Waals surface area (Å²) in [5, 5.41) is 4.16. The van der Waals surface area contributed by atoms with Gasteiger partial charge in [-0.1, -0.05) is 18.2 Å². The zero-order valence-electron chi connectivity index (χ0n) is 8.73. The highest BCUT2D eigenvalue weighted by molar-refractivity contribution is 5.78. The third-order valence-electron chi connectivity index (χ3n) is 2.17. The van der Waals surface area contributed by atoms with Gasteiger partial charge >= 0.3 is 0 Å². The summed E-state index contributed by atoms with van der Waals surface area (Å²) in [5.41, 5.74) is 0.972. The fourth-order valence-electron chi connectivity index (χ4n) is 1.39. The average Bonchev–Trinajstić information content (AvgIpc) is 2.29. The van der Waals surface area contributed by atoms with Crippen LogP contribution in [-0.4, -0.2) is 25.2 Å². The number of para-hydroxylation sites is 1. The van der Waals surface area contributed by atoms with Gasteiger partial charge in [-0.3, -0.25) is 0 Å². The predicted molar refractivity (Wildman–Crippen MR) is 61.2 cm³/mol. The second-order valence-electron chi connectivity index (χ2n) is 3.29. The highest BCUT2D eigenvalue weighted by Gasteiger charge is 1.97. The molecule has 1 aromatic carbocycles. The summed E-state index contributed by atoms with van der Waals surface area (Å²) in [6.07, 6.45) is 0. The van der Waals surface area contributed by atoms with Crippen molar-refractivity contribution in [2.45, 2.75) is 0 Å². The Morgan fingerprint density at radius 2 is 2.07 bits per heavy atom. The van der Waals surface area contributed by atoms with Crippen LogP contribution in [0.4, 0.5) is 0 Å². The van der Waals surface area contributed by atoms with Gasteiger partial charge in [0.2, 0.25) is 5.88 Å². The molecule has 0 aliphatic rings. The van der Waals surface area contributed by atoms with Gasteiger partial charge in [0.25, 0.3) is 0 Å². The Bertz CT molecular complexity index is 442. The minimum absolute atomic E-state index is 0.641. The molecule has 3 heteroatoms. The second-order valence-corrected chi connectivity index (χ2v) is 3.29. The first-order valence-corrected chi connectivity index (χ1v) is 5.03. The third-order valence-corrected chi connectivity index (χ3v) is 2.17. The van der Waals surface area contributed by atoms with Crippen molar-refractivity contribution in [1.29, 1.82) is 0 Å². The number of rotatable bonds is 4. The first-order chi connectivity index (χ1) is 7.40. The minimum atomic E-state index is 0.641. The molecule has 0 aliphatic heterocycles. The molecule has 78 valence electrons. The molecule has 0 atom stereocenters. The van der Waals surface area contributed by atoms with Crippen molar-refractivity contribution < 1.29 is 4.74 Å². The van der Waals surface area contributed by atoms with Crippen molar-refractivity contribution in [2.24, 2.45) is 0 Å². The van der Waals surface area contributed by atoms with Crippen LogP contribution in [0.2, 0.25) is 0 Å². The molecule has 0 bridgehead atoms. The van der Waals surface area contributed by atoms with E-state index >= 15 is 0 Å². The van der Waals surface area contributed by atoms with E-state index < -0.39 is 0 Å². The van der Waals surface area contributed by atoms with E-state index in [4.69, 9.17) is 4.74 Å². The number of fused-ring (bicyclic) bond motifs is 1. The topological polar surface area (TPSA) is 34.1 Å². The molecule has 15 heavy (non-hydrogen) atoms. The lowest BCUT2D eigenvalue weighted by Crippen LogP contribution is -2.16. The van der Waals surface area contributed by atoms with E-state index in [2.05, 4.69) is 10.3 Å². The van der Waals surface area contributed by atoms with Gasteiger partial charge in [0.1, 0.15) is 6.61 Å². The maximum atomic E-state index is 5.48. The Morgan fingerprint density at radius 3 is 2.93 bits per heavy atom. The number of ether oxygens (including phenoxy) is 1. The first-order valence-electron chi connectivity index (χ1n) is 5.03. The summed E-state index contributed by atoms with van der Waals surface area (Å²) >= 11 is 0. The molecule has 0 radical (unpaired) electrons. The Balaban J connectivity index is 2.16. The van der Waals surface area contributed by atoms with E-state index in [1.807, 2.05) is 43.4 Å². The second kappa shape index (κ2) is 4.75. The molecular formula is C12H14N2O. The summed E-state index contributed by atoms with van der Waals surface area (Å²) in [5.74, 6) is 0.684. The molecule has 0 spiro atoms. The lowest BCUT2D eigenvalue weighted by Gasteiger charge is -2.05. The summed E-state index contributed by atoms with van der Waals surface area (Å²) in [4.78, 5) is 4.40. The number of benzene rings is 1. The summed E-state index contributed by atoms with van der Waals surface area (Å²) in [6.45, 7) is 1.47. The van der Waals surface area contributed by atoms with Crippen LogP contribution in [0.25, 0.3) is 10.9 Å². The summed E-state index contributed by atoms with van der Waals surface area (Å²) < 4.78 is 5.48. The zero-order valence-corrected chi connectivity index (χ0v) is 8.73. The lowest BCUT2D eigenvalue weighted by molar-refractivity contribution is 0.307. The van der Waals surface area contributed by atoms with Crippen LogP contribution in [0.1, 0.15) is 0 Å². The van der Waals surface area contributed by atoms with Crippen LogP contribution in [0.5, 0.6) is 5.88 Å². The van der Waals surface area contributed by atoms with Crippen LogP contribution in [0, 0.1) is 0 Å². The SMILES string of the molecule is CNCCOc1ccc2ccccc2n1. The van der Waals surface area contributed by atoms with Crippen molar-refractivity contribution in [2.75, 3.05) is 20.2 Å².